The molecule has 1 saturated carbocycles. The summed E-state index contributed by atoms with van der Waals surface area (Å²) >= 11 is 0. The minimum absolute atomic E-state index is 0.520. The number of nitrogens with two attached hydrogens (primary N) is 1. The van der Waals surface area contributed by atoms with E-state index in [9.17, 15) is 0 Å². The molecule has 2 heterocycles. The molecule has 0 radical (unpaired) electrons. The van der Waals surface area contributed by atoms with E-state index in [2.05, 4.69) is 47.3 Å². The molecule has 0 unspecified atom stereocenters. The molecule has 0 spiro atoms. The lowest BCUT2D eigenvalue weighted by atomic mass is 9.86. The van der Waals surface area contributed by atoms with Gasteiger partial charge in [-0.1, -0.05) is 12.1 Å². The van der Waals surface area contributed by atoms with Crippen molar-refractivity contribution in [2.24, 2.45) is 11.7 Å². The van der Waals surface area contributed by atoms with Gasteiger partial charge in [0.1, 0.15) is 0 Å². The van der Waals surface area contributed by atoms with Gasteiger partial charge in [0.05, 0.1) is 17.8 Å². The van der Waals surface area contributed by atoms with Crippen LogP contribution in [0.5, 0.6) is 0 Å². The number of rotatable bonds is 4. The van der Waals surface area contributed by atoms with Gasteiger partial charge in [0.2, 0.25) is 0 Å². The zero-order valence-electron chi connectivity index (χ0n) is 14.2. The number of nitrogens with zero attached hydrogens (tertiary/aromatic N) is 4. The molecule has 5 nitrogen and oxygen atoms in total. The van der Waals surface area contributed by atoms with Crippen LogP contribution in [-0.4, -0.2) is 26.1 Å². The fourth-order valence-electron chi connectivity index (χ4n) is 3.73. The molecule has 0 amide bonds. The first-order valence-electron chi connectivity index (χ1n) is 8.98. The standard InChI is InChI=1S/C19H25N5/c1-2-23-12-17(11-21-23)15-5-6-16-13-24(22-19(16)9-15)18-7-3-14(10-20)4-8-18/h5-6,9,11-14,18H,2-4,7-8,10,20H2,1H3/t14-,18-. The third kappa shape index (κ3) is 2.84. The molecule has 4 rings (SSSR count). The highest BCUT2D eigenvalue weighted by Gasteiger charge is 2.22. The summed E-state index contributed by atoms with van der Waals surface area (Å²) in [4.78, 5) is 0. The SMILES string of the molecule is CCn1cc(-c2ccc3cn([C@H]4CC[C@H](CN)CC4)nc3c2)cn1. The van der Waals surface area contributed by atoms with Crippen LogP contribution in [0, 0.1) is 5.92 Å². The molecule has 0 saturated heterocycles. The highest BCUT2D eigenvalue weighted by molar-refractivity contribution is 5.83. The van der Waals surface area contributed by atoms with Gasteiger partial charge in [-0.05, 0) is 56.7 Å². The van der Waals surface area contributed by atoms with Gasteiger partial charge in [-0.2, -0.15) is 10.2 Å². The Morgan fingerprint density at radius 3 is 2.67 bits per heavy atom. The van der Waals surface area contributed by atoms with Crippen molar-refractivity contribution in [1.82, 2.24) is 19.6 Å². The number of hydrogen-bond acceptors (Lipinski definition) is 3. The van der Waals surface area contributed by atoms with E-state index in [0.29, 0.717) is 12.0 Å². The summed E-state index contributed by atoms with van der Waals surface area (Å²) in [6.45, 7) is 3.81. The quantitative estimate of drug-likeness (QED) is 0.798. The normalized spacial score (nSPS) is 21.4. The van der Waals surface area contributed by atoms with Crippen molar-refractivity contribution >= 4 is 10.9 Å². The molecule has 1 fully saturated rings. The zero-order valence-corrected chi connectivity index (χ0v) is 14.2. The van der Waals surface area contributed by atoms with Crippen LogP contribution in [0.25, 0.3) is 22.0 Å². The fraction of sp³-hybridized carbons (Fsp3) is 0.474. The van der Waals surface area contributed by atoms with E-state index in [1.807, 2.05) is 10.9 Å². The summed E-state index contributed by atoms with van der Waals surface area (Å²) < 4.78 is 4.13. The molecule has 1 aliphatic carbocycles. The van der Waals surface area contributed by atoms with Crippen molar-refractivity contribution in [3.8, 4) is 11.1 Å². The molecule has 3 aromatic rings. The topological polar surface area (TPSA) is 61.7 Å². The van der Waals surface area contributed by atoms with Gasteiger partial charge >= 0.3 is 0 Å². The Bertz CT molecular complexity index is 823. The second kappa shape index (κ2) is 6.40. The molecule has 24 heavy (non-hydrogen) atoms. The number of aromatic nitrogens is 4. The van der Waals surface area contributed by atoms with Crippen LogP contribution in [0.1, 0.15) is 38.6 Å². The lowest BCUT2D eigenvalue weighted by molar-refractivity contribution is 0.266. The third-order valence-corrected chi connectivity index (χ3v) is 5.34. The minimum atomic E-state index is 0.520. The summed E-state index contributed by atoms with van der Waals surface area (Å²) in [5.41, 5.74) is 9.20. The average molecular weight is 323 g/mol. The Kier molecular flexibility index (Phi) is 4.10. The lowest BCUT2D eigenvalue weighted by Crippen LogP contribution is -2.23. The molecule has 1 aliphatic rings. The van der Waals surface area contributed by atoms with Crippen molar-refractivity contribution < 1.29 is 0 Å². The van der Waals surface area contributed by atoms with E-state index in [1.54, 1.807) is 0 Å². The van der Waals surface area contributed by atoms with Gasteiger partial charge in [0.25, 0.3) is 0 Å². The average Bonchev–Trinajstić information content (AvgIpc) is 3.27. The van der Waals surface area contributed by atoms with Gasteiger partial charge in [-0.3, -0.25) is 9.36 Å². The maximum absolute atomic E-state index is 5.80. The molecule has 0 aliphatic heterocycles. The predicted octanol–water partition coefficient (Wildman–Crippen LogP) is 3.61. The number of hydrogen-bond donors (Lipinski definition) is 1. The van der Waals surface area contributed by atoms with Crippen molar-refractivity contribution in [2.45, 2.75) is 45.2 Å². The molecule has 1 aromatic carbocycles. The third-order valence-electron chi connectivity index (χ3n) is 5.34. The summed E-state index contributed by atoms with van der Waals surface area (Å²) in [5.74, 6) is 0.702. The van der Waals surface area contributed by atoms with Gasteiger partial charge in [0.15, 0.2) is 0 Å². The molecule has 5 heteroatoms. The molecule has 126 valence electrons. The highest BCUT2D eigenvalue weighted by Crippen LogP contribution is 2.32. The Labute approximate surface area is 142 Å². The molecule has 2 aromatic heterocycles. The van der Waals surface area contributed by atoms with Crippen LogP contribution < -0.4 is 5.73 Å². The maximum Gasteiger partial charge on any atom is 0.0929 e. The maximum atomic E-state index is 5.80. The monoisotopic (exact) mass is 323 g/mol. The number of aryl methyl sites for hydroxylation is 1. The summed E-state index contributed by atoms with van der Waals surface area (Å²) in [7, 11) is 0. The Hall–Kier alpha value is -2.14. The van der Waals surface area contributed by atoms with Crippen LogP contribution in [0.15, 0.2) is 36.8 Å². The lowest BCUT2D eigenvalue weighted by Gasteiger charge is -2.27. The fourth-order valence-corrected chi connectivity index (χ4v) is 3.73. The second-order valence-electron chi connectivity index (χ2n) is 6.88. The van der Waals surface area contributed by atoms with E-state index in [1.165, 1.54) is 36.6 Å². The Morgan fingerprint density at radius 2 is 1.96 bits per heavy atom. The van der Waals surface area contributed by atoms with E-state index in [0.717, 1.165) is 24.2 Å². The van der Waals surface area contributed by atoms with Crippen LogP contribution >= 0.6 is 0 Å². The molecule has 0 bridgehead atoms. The summed E-state index contributed by atoms with van der Waals surface area (Å²) in [5, 5.41) is 10.4. The van der Waals surface area contributed by atoms with Gasteiger partial charge in [-0.25, -0.2) is 0 Å². The van der Waals surface area contributed by atoms with Crippen molar-refractivity contribution in [2.75, 3.05) is 6.54 Å². The van der Waals surface area contributed by atoms with Crippen LogP contribution in [-0.2, 0) is 6.54 Å². The second-order valence-corrected chi connectivity index (χ2v) is 6.88. The van der Waals surface area contributed by atoms with E-state index in [4.69, 9.17) is 10.8 Å². The smallest absolute Gasteiger partial charge is 0.0929 e. The van der Waals surface area contributed by atoms with E-state index in [-0.39, 0.29) is 0 Å². The van der Waals surface area contributed by atoms with E-state index < -0.39 is 0 Å². The number of benzene rings is 1. The molecule has 0 atom stereocenters. The summed E-state index contributed by atoms with van der Waals surface area (Å²) in [6.07, 6.45) is 11.0. The van der Waals surface area contributed by atoms with E-state index >= 15 is 0 Å². The van der Waals surface area contributed by atoms with Gasteiger partial charge < -0.3 is 5.73 Å². The Balaban J connectivity index is 1.59. The molecular weight excluding hydrogens is 298 g/mol. The summed E-state index contributed by atoms with van der Waals surface area (Å²) in [6, 6.07) is 7.03. The van der Waals surface area contributed by atoms with Crippen molar-refractivity contribution in [3.63, 3.8) is 0 Å². The largest absolute Gasteiger partial charge is 0.330 e. The highest BCUT2D eigenvalue weighted by atomic mass is 15.3. The van der Waals surface area contributed by atoms with Crippen LogP contribution in [0.2, 0.25) is 0 Å². The first kappa shape index (κ1) is 15.4. The van der Waals surface area contributed by atoms with Gasteiger partial charge in [-0.15, -0.1) is 0 Å². The van der Waals surface area contributed by atoms with Crippen molar-refractivity contribution in [1.29, 1.82) is 0 Å². The van der Waals surface area contributed by atoms with Crippen LogP contribution in [0.4, 0.5) is 0 Å². The van der Waals surface area contributed by atoms with Crippen molar-refractivity contribution in [3.05, 3.63) is 36.8 Å². The first-order chi connectivity index (χ1) is 11.8. The number of fused-ring (bicyclic) bond motifs is 1. The minimum Gasteiger partial charge on any atom is -0.330 e. The zero-order chi connectivity index (χ0) is 16.5. The Morgan fingerprint density at radius 1 is 1.12 bits per heavy atom. The predicted molar refractivity (Wildman–Crippen MR) is 96.7 cm³/mol. The first-order valence-corrected chi connectivity index (χ1v) is 8.98. The van der Waals surface area contributed by atoms with Gasteiger partial charge in [0, 0.05) is 29.9 Å². The van der Waals surface area contributed by atoms with Crippen LogP contribution in [0.3, 0.4) is 0 Å². The molecule has 2 N–H and O–H groups in total. The molecular formula is C19H25N5.